The fourth-order valence-corrected chi connectivity index (χ4v) is 2.02. The molecule has 0 radical (unpaired) electrons. The SMILES string of the molecule is CCCC(N)C(=O)Nc1ccc(N(CC)CCO)cc1. The lowest BCUT2D eigenvalue weighted by molar-refractivity contribution is -0.117. The minimum Gasteiger partial charge on any atom is -0.395 e. The van der Waals surface area contributed by atoms with Crippen LogP contribution in [0.1, 0.15) is 26.7 Å². The number of benzene rings is 1. The van der Waals surface area contributed by atoms with E-state index in [1.54, 1.807) is 0 Å². The number of anilines is 2. The second kappa shape index (κ2) is 8.55. The molecule has 5 nitrogen and oxygen atoms in total. The molecule has 1 aromatic rings. The van der Waals surface area contributed by atoms with Gasteiger partial charge < -0.3 is 21.1 Å². The minimum atomic E-state index is -0.457. The molecule has 0 spiro atoms. The van der Waals surface area contributed by atoms with Gasteiger partial charge in [-0.05, 0) is 37.6 Å². The van der Waals surface area contributed by atoms with E-state index in [-0.39, 0.29) is 12.5 Å². The largest absolute Gasteiger partial charge is 0.395 e. The lowest BCUT2D eigenvalue weighted by Gasteiger charge is -2.22. The molecule has 0 bridgehead atoms. The van der Waals surface area contributed by atoms with Crippen LogP contribution in [0.3, 0.4) is 0 Å². The van der Waals surface area contributed by atoms with E-state index in [9.17, 15) is 4.79 Å². The summed E-state index contributed by atoms with van der Waals surface area (Å²) in [6.07, 6.45) is 1.57. The van der Waals surface area contributed by atoms with Crippen LogP contribution in [0.5, 0.6) is 0 Å². The molecule has 0 aromatic heterocycles. The van der Waals surface area contributed by atoms with Crippen LogP contribution in [0, 0.1) is 0 Å². The highest BCUT2D eigenvalue weighted by Gasteiger charge is 2.12. The first kappa shape index (κ1) is 16.5. The summed E-state index contributed by atoms with van der Waals surface area (Å²) in [5.41, 5.74) is 7.53. The van der Waals surface area contributed by atoms with E-state index in [2.05, 4.69) is 10.2 Å². The maximum absolute atomic E-state index is 11.8. The normalized spacial score (nSPS) is 12.0. The fraction of sp³-hybridized carbons (Fsp3) is 0.533. The van der Waals surface area contributed by atoms with Crippen molar-refractivity contribution in [1.29, 1.82) is 0 Å². The van der Waals surface area contributed by atoms with Crippen LogP contribution in [0.15, 0.2) is 24.3 Å². The lowest BCUT2D eigenvalue weighted by atomic mass is 10.1. The molecule has 20 heavy (non-hydrogen) atoms. The number of aliphatic hydroxyl groups is 1. The zero-order valence-corrected chi connectivity index (χ0v) is 12.3. The molecule has 0 aliphatic carbocycles. The molecule has 0 aliphatic heterocycles. The van der Waals surface area contributed by atoms with Crippen LogP contribution in [-0.2, 0) is 4.79 Å². The summed E-state index contributed by atoms with van der Waals surface area (Å²) >= 11 is 0. The molecule has 0 fully saturated rings. The molecule has 0 saturated carbocycles. The van der Waals surface area contributed by atoms with E-state index >= 15 is 0 Å². The first-order valence-electron chi connectivity index (χ1n) is 7.14. The first-order chi connectivity index (χ1) is 9.62. The molecule has 5 heteroatoms. The Hall–Kier alpha value is -1.59. The predicted octanol–water partition coefficient (Wildman–Crippen LogP) is 1.57. The van der Waals surface area contributed by atoms with Crippen LogP contribution in [0.4, 0.5) is 11.4 Å². The molecule has 0 heterocycles. The van der Waals surface area contributed by atoms with Crippen molar-refractivity contribution in [3.8, 4) is 0 Å². The molecular weight excluding hydrogens is 254 g/mol. The molecule has 1 unspecified atom stereocenters. The van der Waals surface area contributed by atoms with Gasteiger partial charge in [0, 0.05) is 24.5 Å². The van der Waals surface area contributed by atoms with Crippen LogP contribution in [0.2, 0.25) is 0 Å². The van der Waals surface area contributed by atoms with Crippen LogP contribution in [0.25, 0.3) is 0 Å². The average Bonchev–Trinajstić information content (AvgIpc) is 2.46. The lowest BCUT2D eigenvalue weighted by Crippen LogP contribution is -2.35. The highest BCUT2D eigenvalue weighted by Crippen LogP contribution is 2.17. The number of hydrogen-bond acceptors (Lipinski definition) is 4. The Morgan fingerprint density at radius 1 is 1.35 bits per heavy atom. The third-order valence-electron chi connectivity index (χ3n) is 3.19. The number of nitrogens with two attached hydrogens (primary N) is 1. The van der Waals surface area contributed by atoms with Gasteiger partial charge in [0.1, 0.15) is 0 Å². The van der Waals surface area contributed by atoms with Crippen molar-refractivity contribution < 1.29 is 9.90 Å². The summed E-state index contributed by atoms with van der Waals surface area (Å²) in [5, 5.41) is 11.8. The number of nitrogens with zero attached hydrogens (tertiary/aromatic N) is 1. The molecule has 0 saturated heterocycles. The van der Waals surface area contributed by atoms with Gasteiger partial charge in [0.2, 0.25) is 5.91 Å². The Balaban J connectivity index is 2.64. The predicted molar refractivity (Wildman–Crippen MR) is 82.9 cm³/mol. The Kier molecular flexibility index (Phi) is 7.04. The molecule has 112 valence electrons. The van der Waals surface area contributed by atoms with Gasteiger partial charge >= 0.3 is 0 Å². The molecule has 0 aliphatic rings. The van der Waals surface area contributed by atoms with Crippen molar-refractivity contribution in [3.63, 3.8) is 0 Å². The minimum absolute atomic E-state index is 0.123. The number of amides is 1. The van der Waals surface area contributed by atoms with E-state index in [4.69, 9.17) is 10.8 Å². The van der Waals surface area contributed by atoms with Crippen molar-refractivity contribution in [2.75, 3.05) is 29.9 Å². The summed E-state index contributed by atoms with van der Waals surface area (Å²) in [7, 11) is 0. The summed E-state index contributed by atoms with van der Waals surface area (Å²) in [6.45, 7) is 5.59. The van der Waals surface area contributed by atoms with Crippen LogP contribution >= 0.6 is 0 Å². The Morgan fingerprint density at radius 3 is 2.50 bits per heavy atom. The zero-order valence-electron chi connectivity index (χ0n) is 12.3. The Labute approximate surface area is 120 Å². The number of carbonyl (C=O) groups is 1. The van der Waals surface area contributed by atoms with Crippen molar-refractivity contribution in [2.45, 2.75) is 32.7 Å². The number of hydrogen-bond donors (Lipinski definition) is 3. The molecule has 1 amide bonds. The number of rotatable bonds is 8. The maximum Gasteiger partial charge on any atom is 0.241 e. The van der Waals surface area contributed by atoms with Gasteiger partial charge in [-0.25, -0.2) is 0 Å². The molecule has 1 atom stereocenters. The Bertz CT molecular complexity index is 406. The number of nitrogens with one attached hydrogen (secondary N) is 1. The average molecular weight is 279 g/mol. The van der Waals surface area contributed by atoms with Gasteiger partial charge in [0.15, 0.2) is 0 Å². The molecule has 1 rings (SSSR count). The van der Waals surface area contributed by atoms with Gasteiger partial charge in [-0.3, -0.25) is 4.79 Å². The second-order valence-corrected chi connectivity index (χ2v) is 4.73. The number of likely N-dealkylation sites (N-methyl/N-ethyl adjacent to an activating group) is 1. The first-order valence-corrected chi connectivity index (χ1v) is 7.14. The van der Waals surface area contributed by atoms with Crippen molar-refractivity contribution in [1.82, 2.24) is 0 Å². The summed E-state index contributed by atoms with van der Waals surface area (Å²) in [6, 6.07) is 7.11. The van der Waals surface area contributed by atoms with Gasteiger partial charge in [-0.15, -0.1) is 0 Å². The van der Waals surface area contributed by atoms with Gasteiger partial charge in [-0.2, -0.15) is 0 Å². The zero-order chi connectivity index (χ0) is 15.0. The van der Waals surface area contributed by atoms with Gasteiger partial charge in [0.05, 0.1) is 12.6 Å². The van der Waals surface area contributed by atoms with E-state index < -0.39 is 6.04 Å². The number of aliphatic hydroxyl groups excluding tert-OH is 1. The van der Waals surface area contributed by atoms with Crippen molar-refractivity contribution in [3.05, 3.63) is 24.3 Å². The maximum atomic E-state index is 11.8. The second-order valence-electron chi connectivity index (χ2n) is 4.73. The Morgan fingerprint density at radius 2 is 2.00 bits per heavy atom. The van der Waals surface area contributed by atoms with E-state index in [0.717, 1.165) is 24.3 Å². The highest BCUT2D eigenvalue weighted by atomic mass is 16.3. The van der Waals surface area contributed by atoms with Gasteiger partial charge in [-0.1, -0.05) is 13.3 Å². The van der Waals surface area contributed by atoms with Crippen molar-refractivity contribution in [2.24, 2.45) is 5.73 Å². The van der Waals surface area contributed by atoms with E-state index in [0.29, 0.717) is 13.0 Å². The molecule has 1 aromatic carbocycles. The third kappa shape index (κ3) is 4.83. The monoisotopic (exact) mass is 279 g/mol. The smallest absolute Gasteiger partial charge is 0.241 e. The summed E-state index contributed by atoms with van der Waals surface area (Å²) in [4.78, 5) is 13.9. The van der Waals surface area contributed by atoms with Crippen LogP contribution < -0.4 is 16.0 Å². The standard InChI is InChI=1S/C15H25N3O2/c1-3-5-14(16)15(20)17-12-6-8-13(9-7-12)18(4-2)10-11-19/h6-9,14,19H,3-5,10-11,16H2,1-2H3,(H,17,20). The number of carbonyl (C=O) groups excluding carboxylic acids is 1. The van der Waals surface area contributed by atoms with E-state index in [1.807, 2.05) is 38.1 Å². The van der Waals surface area contributed by atoms with Gasteiger partial charge in [0.25, 0.3) is 0 Å². The van der Waals surface area contributed by atoms with Crippen molar-refractivity contribution >= 4 is 17.3 Å². The summed E-state index contributed by atoms with van der Waals surface area (Å²) in [5.74, 6) is -0.151. The topological polar surface area (TPSA) is 78.6 Å². The molecule has 4 N–H and O–H groups in total. The molecular formula is C15H25N3O2. The van der Waals surface area contributed by atoms with Crippen LogP contribution in [-0.4, -0.2) is 36.8 Å². The quantitative estimate of drug-likeness (QED) is 0.675. The highest BCUT2D eigenvalue weighted by molar-refractivity contribution is 5.94. The third-order valence-corrected chi connectivity index (χ3v) is 3.19. The fourth-order valence-electron chi connectivity index (χ4n) is 2.02. The summed E-state index contributed by atoms with van der Waals surface area (Å²) < 4.78 is 0. The van der Waals surface area contributed by atoms with E-state index in [1.165, 1.54) is 0 Å².